The zero-order valence-corrected chi connectivity index (χ0v) is 9.33. The molecule has 0 unspecified atom stereocenters. The summed E-state index contributed by atoms with van der Waals surface area (Å²) in [6.07, 6.45) is 0.957. The summed E-state index contributed by atoms with van der Waals surface area (Å²) in [7, 11) is 3.89. The Balaban J connectivity index is 3.31. The highest BCUT2D eigenvalue weighted by Gasteiger charge is 2.03. The third-order valence-corrected chi connectivity index (χ3v) is 2.42. The van der Waals surface area contributed by atoms with E-state index < -0.39 is 0 Å². The van der Waals surface area contributed by atoms with Crippen LogP contribution in [0.2, 0.25) is 0 Å². The average Bonchev–Trinajstić information content (AvgIpc) is 2.09. The number of nitrogens with one attached hydrogen (secondary N) is 1. The molecule has 4 heteroatoms. The zero-order chi connectivity index (χ0) is 10.0. The summed E-state index contributed by atoms with van der Waals surface area (Å²) in [5.41, 5.74) is 2.26. The van der Waals surface area contributed by atoms with Crippen molar-refractivity contribution in [2.75, 3.05) is 19.0 Å². The summed E-state index contributed by atoms with van der Waals surface area (Å²) < 4.78 is 0.694. The smallest absolute Gasteiger partial charge is 0.203 e. The van der Waals surface area contributed by atoms with Gasteiger partial charge in [0.1, 0.15) is 4.64 Å². The van der Waals surface area contributed by atoms with Crippen LogP contribution in [0.5, 0.6) is 0 Å². The number of hydrogen-bond acceptors (Lipinski definition) is 3. The Labute approximate surface area is 83.8 Å². The minimum Gasteiger partial charge on any atom is -0.349 e. The van der Waals surface area contributed by atoms with Crippen LogP contribution in [0.3, 0.4) is 0 Å². The third kappa shape index (κ3) is 2.06. The lowest BCUT2D eigenvalue weighted by Gasteiger charge is -2.13. The van der Waals surface area contributed by atoms with E-state index in [-0.39, 0.29) is 0 Å². The van der Waals surface area contributed by atoms with Crippen LogP contribution in [0, 0.1) is 11.6 Å². The van der Waals surface area contributed by atoms with Gasteiger partial charge >= 0.3 is 0 Å². The molecule has 0 aliphatic heterocycles. The highest BCUT2D eigenvalue weighted by atomic mass is 32.1. The summed E-state index contributed by atoms with van der Waals surface area (Å²) in [6.45, 7) is 4.11. The summed E-state index contributed by atoms with van der Waals surface area (Å²) in [5, 5.41) is 0. The van der Waals surface area contributed by atoms with Crippen molar-refractivity contribution in [2.24, 2.45) is 0 Å². The van der Waals surface area contributed by atoms with Crippen LogP contribution < -0.4 is 4.90 Å². The second-order valence-electron chi connectivity index (χ2n) is 3.22. The van der Waals surface area contributed by atoms with Gasteiger partial charge in [-0.05, 0) is 13.3 Å². The number of rotatable bonds is 2. The number of hydrogen-bond donors (Lipinski definition) is 1. The Morgan fingerprint density at radius 3 is 2.54 bits per heavy atom. The zero-order valence-electron chi connectivity index (χ0n) is 8.51. The van der Waals surface area contributed by atoms with E-state index in [1.54, 1.807) is 0 Å². The largest absolute Gasteiger partial charge is 0.349 e. The van der Waals surface area contributed by atoms with Gasteiger partial charge in [-0.25, -0.2) is 4.98 Å². The van der Waals surface area contributed by atoms with Gasteiger partial charge in [0.2, 0.25) is 5.95 Å². The first-order valence-electron chi connectivity index (χ1n) is 4.33. The molecule has 0 bridgehead atoms. The molecule has 0 atom stereocenters. The van der Waals surface area contributed by atoms with Crippen LogP contribution >= 0.6 is 12.2 Å². The van der Waals surface area contributed by atoms with Crippen LogP contribution in [0.15, 0.2) is 0 Å². The maximum absolute atomic E-state index is 5.16. The summed E-state index contributed by atoms with van der Waals surface area (Å²) in [4.78, 5) is 9.44. The molecule has 1 aromatic rings. The molecule has 1 aromatic heterocycles. The average molecular weight is 197 g/mol. The minimum absolute atomic E-state index is 0.694. The van der Waals surface area contributed by atoms with Gasteiger partial charge in [-0.1, -0.05) is 19.1 Å². The number of aromatic amines is 1. The molecule has 0 saturated carbocycles. The van der Waals surface area contributed by atoms with Gasteiger partial charge in [0.25, 0.3) is 0 Å². The molecule has 3 nitrogen and oxygen atoms in total. The monoisotopic (exact) mass is 197 g/mol. The topological polar surface area (TPSA) is 31.9 Å². The number of aromatic nitrogens is 2. The number of nitrogens with zero attached hydrogens (tertiary/aromatic N) is 2. The van der Waals surface area contributed by atoms with Crippen molar-refractivity contribution in [1.82, 2.24) is 9.97 Å². The lowest BCUT2D eigenvalue weighted by molar-refractivity contribution is 0.915. The molecule has 0 saturated heterocycles. The van der Waals surface area contributed by atoms with Crippen LogP contribution in [-0.4, -0.2) is 24.1 Å². The molecule has 1 N–H and O–H groups in total. The maximum atomic E-state index is 5.16. The van der Waals surface area contributed by atoms with Crippen LogP contribution in [0.1, 0.15) is 18.2 Å². The Bertz CT molecular complexity index is 354. The van der Waals surface area contributed by atoms with Crippen molar-refractivity contribution in [3.05, 3.63) is 15.9 Å². The van der Waals surface area contributed by atoms with Crippen molar-refractivity contribution in [3.8, 4) is 0 Å². The highest BCUT2D eigenvalue weighted by Crippen LogP contribution is 2.11. The Morgan fingerprint density at radius 1 is 1.46 bits per heavy atom. The van der Waals surface area contributed by atoms with Crippen molar-refractivity contribution in [1.29, 1.82) is 0 Å². The van der Waals surface area contributed by atoms with Crippen LogP contribution in [-0.2, 0) is 6.42 Å². The van der Waals surface area contributed by atoms with E-state index >= 15 is 0 Å². The van der Waals surface area contributed by atoms with Gasteiger partial charge in [-0.3, -0.25) is 0 Å². The fourth-order valence-electron chi connectivity index (χ4n) is 1.13. The fraction of sp³-hybridized carbons (Fsp3) is 0.556. The lowest BCUT2D eigenvalue weighted by atomic mass is 10.2. The Kier molecular flexibility index (Phi) is 3.03. The Morgan fingerprint density at radius 2 is 2.08 bits per heavy atom. The van der Waals surface area contributed by atoms with Gasteiger partial charge in [0, 0.05) is 25.4 Å². The van der Waals surface area contributed by atoms with E-state index in [1.807, 2.05) is 25.9 Å². The normalized spacial score (nSPS) is 10.2. The number of H-pyrrole nitrogens is 1. The maximum Gasteiger partial charge on any atom is 0.203 e. The molecule has 0 aliphatic rings. The summed E-state index contributed by atoms with van der Waals surface area (Å²) in [5.74, 6) is 0.826. The predicted molar refractivity (Wildman–Crippen MR) is 57.9 cm³/mol. The molecule has 1 heterocycles. The summed E-state index contributed by atoms with van der Waals surface area (Å²) in [6, 6.07) is 0. The quantitative estimate of drug-likeness (QED) is 0.737. The fourth-order valence-corrected chi connectivity index (χ4v) is 1.34. The second kappa shape index (κ2) is 3.87. The van der Waals surface area contributed by atoms with Crippen molar-refractivity contribution in [2.45, 2.75) is 20.3 Å². The van der Waals surface area contributed by atoms with Crippen molar-refractivity contribution >= 4 is 18.2 Å². The molecular weight excluding hydrogens is 182 g/mol. The first kappa shape index (κ1) is 10.2. The van der Waals surface area contributed by atoms with Gasteiger partial charge in [0.15, 0.2) is 0 Å². The molecule has 72 valence electrons. The van der Waals surface area contributed by atoms with E-state index in [9.17, 15) is 0 Å². The second-order valence-corrected chi connectivity index (χ2v) is 3.60. The molecule has 0 amide bonds. The number of anilines is 1. The van der Waals surface area contributed by atoms with Gasteiger partial charge in [-0.2, -0.15) is 0 Å². The third-order valence-electron chi connectivity index (χ3n) is 2.02. The van der Waals surface area contributed by atoms with Crippen molar-refractivity contribution in [3.63, 3.8) is 0 Å². The van der Waals surface area contributed by atoms with E-state index in [2.05, 4.69) is 16.9 Å². The van der Waals surface area contributed by atoms with E-state index in [0.717, 1.165) is 17.9 Å². The number of aryl methyl sites for hydroxylation is 1. The Hall–Kier alpha value is -0.900. The first-order valence-corrected chi connectivity index (χ1v) is 4.74. The molecule has 0 aromatic carbocycles. The van der Waals surface area contributed by atoms with Gasteiger partial charge in [0.05, 0.1) is 0 Å². The van der Waals surface area contributed by atoms with Gasteiger partial charge < -0.3 is 9.88 Å². The highest BCUT2D eigenvalue weighted by molar-refractivity contribution is 7.71. The standard InChI is InChI=1S/C9H15N3S/c1-5-7-6(2)8(13)11-9(10-7)12(3)4/h5H2,1-4H3,(H,10,11,13). The molecule has 13 heavy (non-hydrogen) atoms. The van der Waals surface area contributed by atoms with Crippen LogP contribution in [0.4, 0.5) is 5.95 Å². The molecule has 0 aliphatic carbocycles. The van der Waals surface area contributed by atoms with E-state index in [1.165, 1.54) is 5.69 Å². The summed E-state index contributed by atoms with van der Waals surface area (Å²) >= 11 is 5.16. The van der Waals surface area contributed by atoms with Crippen LogP contribution in [0.25, 0.3) is 0 Å². The van der Waals surface area contributed by atoms with Gasteiger partial charge in [-0.15, -0.1) is 0 Å². The molecule has 1 rings (SSSR count). The van der Waals surface area contributed by atoms with E-state index in [4.69, 9.17) is 12.2 Å². The minimum atomic E-state index is 0.694. The molecule has 0 spiro atoms. The molecular formula is C9H15N3S. The van der Waals surface area contributed by atoms with E-state index in [0.29, 0.717) is 4.64 Å². The molecule has 0 fully saturated rings. The SMILES string of the molecule is CCc1[nH]c(N(C)C)nc(=S)c1C. The van der Waals surface area contributed by atoms with Crippen molar-refractivity contribution < 1.29 is 0 Å². The molecule has 0 radical (unpaired) electrons. The predicted octanol–water partition coefficient (Wildman–Crippen LogP) is 2.08. The lowest BCUT2D eigenvalue weighted by Crippen LogP contribution is -2.14. The first-order chi connectivity index (χ1) is 6.06.